The zero-order valence-electron chi connectivity index (χ0n) is 8.37. The number of sulfonamides is 1. The molecule has 0 saturated carbocycles. The molecular formula is C7H4F2N4O4S. The van der Waals surface area contributed by atoms with Crippen molar-refractivity contribution in [1.29, 1.82) is 5.26 Å². The van der Waals surface area contributed by atoms with E-state index in [4.69, 9.17) is 5.26 Å². The van der Waals surface area contributed by atoms with Crippen molar-refractivity contribution >= 4 is 15.7 Å². The molecule has 0 unspecified atom stereocenters. The predicted octanol–water partition coefficient (Wildman–Crippen LogP) is 0.446. The molecule has 0 aliphatic heterocycles. The third-order valence-electron chi connectivity index (χ3n) is 1.87. The lowest BCUT2D eigenvalue weighted by atomic mass is 10.2. The first-order chi connectivity index (χ1) is 8.20. The highest BCUT2D eigenvalue weighted by atomic mass is 32.2. The third-order valence-corrected chi connectivity index (χ3v) is 2.81. The van der Waals surface area contributed by atoms with Gasteiger partial charge in [0.15, 0.2) is 0 Å². The number of rotatable bonds is 3. The second-order valence-corrected chi connectivity index (χ2v) is 4.48. The number of nitriles is 1. The van der Waals surface area contributed by atoms with Gasteiger partial charge in [0.05, 0.1) is 4.92 Å². The molecule has 0 spiro atoms. The maximum Gasteiger partial charge on any atom is 0.315 e. The van der Waals surface area contributed by atoms with Gasteiger partial charge in [0.1, 0.15) is 16.5 Å². The molecule has 96 valence electrons. The Labute approximate surface area is 98.9 Å². The molecule has 1 rings (SSSR count). The van der Waals surface area contributed by atoms with Gasteiger partial charge in [-0.25, -0.2) is 27.3 Å². The van der Waals surface area contributed by atoms with Gasteiger partial charge in [-0.2, -0.15) is 5.26 Å². The minimum Gasteiger partial charge on any atom is -0.258 e. The number of aromatic nitrogens is 1. The van der Waals surface area contributed by atoms with Crippen LogP contribution < -0.4 is 5.14 Å². The van der Waals surface area contributed by atoms with E-state index in [0.717, 1.165) is 0 Å². The van der Waals surface area contributed by atoms with E-state index in [1.165, 1.54) is 6.07 Å². The van der Waals surface area contributed by atoms with Crippen LogP contribution in [0.5, 0.6) is 0 Å². The van der Waals surface area contributed by atoms with Crippen molar-refractivity contribution < 1.29 is 22.1 Å². The number of primary sulfonamides is 1. The number of hydrogen-bond acceptors (Lipinski definition) is 6. The largest absolute Gasteiger partial charge is 0.315 e. The SMILES string of the molecule is N#Cc1ncc(S(N)(=O)=O)c(C(F)F)c1[N+](=O)[O-]. The smallest absolute Gasteiger partial charge is 0.258 e. The average molecular weight is 278 g/mol. The summed E-state index contributed by atoms with van der Waals surface area (Å²) in [5, 5.41) is 23.8. The lowest BCUT2D eigenvalue weighted by Crippen LogP contribution is -2.17. The fourth-order valence-electron chi connectivity index (χ4n) is 1.20. The molecule has 11 heteroatoms. The van der Waals surface area contributed by atoms with E-state index in [2.05, 4.69) is 10.1 Å². The molecule has 0 aliphatic rings. The number of nitrogens with two attached hydrogens (primary N) is 1. The predicted molar refractivity (Wildman–Crippen MR) is 51.9 cm³/mol. The first-order valence-electron chi connectivity index (χ1n) is 4.08. The van der Waals surface area contributed by atoms with Gasteiger partial charge in [-0.05, 0) is 0 Å². The van der Waals surface area contributed by atoms with E-state index >= 15 is 0 Å². The Kier molecular flexibility index (Phi) is 3.54. The van der Waals surface area contributed by atoms with Crippen molar-refractivity contribution in [1.82, 2.24) is 4.98 Å². The van der Waals surface area contributed by atoms with Gasteiger partial charge < -0.3 is 0 Å². The molecule has 0 saturated heterocycles. The summed E-state index contributed by atoms with van der Waals surface area (Å²) in [6, 6.07) is 1.23. The van der Waals surface area contributed by atoms with Crippen LogP contribution in [0.1, 0.15) is 17.7 Å². The third kappa shape index (κ3) is 2.39. The summed E-state index contributed by atoms with van der Waals surface area (Å²) in [6.07, 6.45) is -3.10. The summed E-state index contributed by atoms with van der Waals surface area (Å²) in [7, 11) is -4.62. The van der Waals surface area contributed by atoms with E-state index in [9.17, 15) is 27.3 Å². The highest BCUT2D eigenvalue weighted by Gasteiger charge is 2.34. The molecule has 0 aromatic carbocycles. The van der Waals surface area contributed by atoms with E-state index in [1.807, 2.05) is 0 Å². The Balaban J connectivity index is 3.87. The van der Waals surface area contributed by atoms with Gasteiger partial charge in [0, 0.05) is 6.20 Å². The summed E-state index contributed by atoms with van der Waals surface area (Å²) >= 11 is 0. The average Bonchev–Trinajstić information content (AvgIpc) is 2.25. The Bertz CT molecular complexity index is 652. The van der Waals surface area contributed by atoms with Crippen LogP contribution >= 0.6 is 0 Å². The Morgan fingerprint density at radius 2 is 2.11 bits per heavy atom. The molecule has 0 atom stereocenters. The molecule has 1 aromatic rings. The van der Waals surface area contributed by atoms with Crippen molar-refractivity contribution in [2.24, 2.45) is 5.14 Å². The molecule has 0 bridgehead atoms. The Hall–Kier alpha value is -2.19. The lowest BCUT2D eigenvalue weighted by molar-refractivity contribution is -0.387. The number of pyridine rings is 1. The van der Waals surface area contributed by atoms with Gasteiger partial charge in [0.2, 0.25) is 15.7 Å². The standard InChI is InChI=1S/C7H4F2N4O4S/c8-7(9)5-4(18(11,16)17)2-12-3(1-10)6(5)13(14)15/h2,7H,(H2,11,16,17). The minimum absolute atomic E-state index is 0.391. The molecule has 1 aromatic heterocycles. The van der Waals surface area contributed by atoms with E-state index in [0.29, 0.717) is 6.20 Å². The van der Waals surface area contributed by atoms with Gasteiger partial charge in [-0.15, -0.1) is 0 Å². The first-order valence-corrected chi connectivity index (χ1v) is 5.63. The van der Waals surface area contributed by atoms with Crippen molar-refractivity contribution in [2.75, 3.05) is 0 Å². The Morgan fingerprint density at radius 3 is 2.44 bits per heavy atom. The first kappa shape index (κ1) is 13.9. The number of alkyl halides is 2. The zero-order chi connectivity index (χ0) is 14.1. The van der Waals surface area contributed by atoms with E-state index in [1.54, 1.807) is 0 Å². The highest BCUT2D eigenvalue weighted by molar-refractivity contribution is 7.89. The maximum atomic E-state index is 12.7. The van der Waals surface area contributed by atoms with Crippen LogP contribution in [-0.4, -0.2) is 18.3 Å². The molecule has 0 radical (unpaired) electrons. The van der Waals surface area contributed by atoms with Gasteiger partial charge in [0.25, 0.3) is 6.43 Å². The molecule has 8 nitrogen and oxygen atoms in total. The highest BCUT2D eigenvalue weighted by Crippen LogP contribution is 2.35. The van der Waals surface area contributed by atoms with Crippen molar-refractivity contribution in [2.45, 2.75) is 11.3 Å². The van der Waals surface area contributed by atoms with E-state index in [-0.39, 0.29) is 0 Å². The fraction of sp³-hybridized carbons (Fsp3) is 0.143. The van der Waals surface area contributed by atoms with Gasteiger partial charge in [-0.1, -0.05) is 0 Å². The second kappa shape index (κ2) is 4.59. The molecule has 2 N–H and O–H groups in total. The molecule has 18 heavy (non-hydrogen) atoms. The number of halogens is 2. The quantitative estimate of drug-likeness (QED) is 0.628. The van der Waals surface area contributed by atoms with Crippen LogP contribution in [0, 0.1) is 21.4 Å². The molecule has 0 aliphatic carbocycles. The summed E-state index contributed by atoms with van der Waals surface area (Å²) in [6.45, 7) is 0. The monoisotopic (exact) mass is 278 g/mol. The van der Waals surface area contributed by atoms with Crippen LogP contribution in [0.4, 0.5) is 14.5 Å². The summed E-state index contributed by atoms with van der Waals surface area (Å²) in [5.74, 6) is 0. The maximum absolute atomic E-state index is 12.7. The van der Waals surface area contributed by atoms with Crippen LogP contribution in [-0.2, 0) is 10.0 Å². The topological polar surface area (TPSA) is 140 Å². The summed E-state index contributed by atoms with van der Waals surface area (Å²) in [5.41, 5.74) is -3.71. The number of hydrogen-bond donors (Lipinski definition) is 1. The molecular weight excluding hydrogens is 274 g/mol. The second-order valence-electron chi connectivity index (χ2n) is 2.95. The van der Waals surface area contributed by atoms with Crippen LogP contribution in [0.3, 0.4) is 0 Å². The number of nitrogens with zero attached hydrogens (tertiary/aromatic N) is 3. The van der Waals surface area contributed by atoms with Crippen molar-refractivity contribution in [3.05, 3.63) is 27.6 Å². The zero-order valence-corrected chi connectivity index (χ0v) is 9.19. The van der Waals surface area contributed by atoms with E-state index < -0.39 is 43.2 Å². The van der Waals surface area contributed by atoms with Crippen molar-refractivity contribution in [3.63, 3.8) is 0 Å². The summed E-state index contributed by atoms with van der Waals surface area (Å²) in [4.78, 5) is 11.3. The van der Waals surface area contributed by atoms with Gasteiger partial charge in [-0.3, -0.25) is 10.1 Å². The van der Waals surface area contributed by atoms with Crippen LogP contribution in [0.2, 0.25) is 0 Å². The minimum atomic E-state index is -4.62. The molecule has 1 heterocycles. The lowest BCUT2D eigenvalue weighted by Gasteiger charge is -2.07. The van der Waals surface area contributed by atoms with Gasteiger partial charge >= 0.3 is 5.69 Å². The summed E-state index contributed by atoms with van der Waals surface area (Å²) < 4.78 is 47.5. The molecule has 0 amide bonds. The van der Waals surface area contributed by atoms with Crippen LogP contribution in [0.25, 0.3) is 0 Å². The number of nitro groups is 1. The van der Waals surface area contributed by atoms with Crippen molar-refractivity contribution in [3.8, 4) is 6.07 Å². The Morgan fingerprint density at radius 1 is 1.56 bits per heavy atom. The molecule has 0 fully saturated rings. The van der Waals surface area contributed by atoms with Crippen LogP contribution in [0.15, 0.2) is 11.1 Å². The normalized spacial score (nSPS) is 11.3. The fourth-order valence-corrected chi connectivity index (χ4v) is 1.89.